The van der Waals surface area contributed by atoms with Gasteiger partial charge in [0.1, 0.15) is 17.9 Å². The van der Waals surface area contributed by atoms with Gasteiger partial charge in [0.2, 0.25) is 5.91 Å². The monoisotopic (exact) mass is 336 g/mol. The third-order valence-electron chi connectivity index (χ3n) is 4.61. The molecule has 0 aliphatic carbocycles. The first-order valence-electron chi connectivity index (χ1n) is 8.48. The van der Waals surface area contributed by atoms with Crippen LogP contribution in [0.2, 0.25) is 0 Å². The summed E-state index contributed by atoms with van der Waals surface area (Å²) in [6.45, 7) is 5.56. The van der Waals surface area contributed by atoms with E-state index in [9.17, 15) is 4.79 Å². The summed E-state index contributed by atoms with van der Waals surface area (Å²) < 4.78 is 1.66. The zero-order valence-corrected chi connectivity index (χ0v) is 14.4. The molecule has 2 aromatic heterocycles. The van der Waals surface area contributed by atoms with E-state index in [-0.39, 0.29) is 18.4 Å². The number of hydrogen-bond donors (Lipinski definition) is 0. The molecule has 0 N–H and O–H groups in total. The number of aromatic nitrogens is 5. The molecule has 0 radical (unpaired) electrons. The van der Waals surface area contributed by atoms with Gasteiger partial charge in [-0.2, -0.15) is 0 Å². The molecule has 1 saturated heterocycles. The third kappa shape index (κ3) is 3.09. The smallest absolute Gasteiger partial charge is 0.244 e. The van der Waals surface area contributed by atoms with E-state index >= 15 is 0 Å². The highest BCUT2D eigenvalue weighted by Gasteiger charge is 2.29. The molecule has 7 heteroatoms. The summed E-state index contributed by atoms with van der Waals surface area (Å²) in [7, 11) is 0. The maximum absolute atomic E-state index is 12.7. The Morgan fingerprint density at radius 1 is 1.20 bits per heavy atom. The summed E-state index contributed by atoms with van der Waals surface area (Å²) >= 11 is 0. The fraction of sp³-hybridized carbons (Fsp3) is 0.389. The molecule has 0 saturated carbocycles. The quantitative estimate of drug-likeness (QED) is 0.729. The van der Waals surface area contributed by atoms with Crippen molar-refractivity contribution >= 4 is 16.9 Å². The largest absolute Gasteiger partial charge is 0.340 e. The van der Waals surface area contributed by atoms with Gasteiger partial charge >= 0.3 is 0 Å². The lowest BCUT2D eigenvalue weighted by atomic mass is 10.1. The molecule has 1 amide bonds. The number of nitrogens with zero attached hydrogens (tertiary/aromatic N) is 6. The van der Waals surface area contributed by atoms with E-state index in [0.717, 1.165) is 41.2 Å². The van der Waals surface area contributed by atoms with Crippen LogP contribution >= 0.6 is 0 Å². The Kier molecular flexibility index (Phi) is 3.91. The molecular weight excluding hydrogens is 316 g/mol. The van der Waals surface area contributed by atoms with E-state index in [1.54, 1.807) is 4.68 Å². The van der Waals surface area contributed by atoms with Crippen molar-refractivity contribution in [2.24, 2.45) is 0 Å². The Morgan fingerprint density at radius 2 is 1.96 bits per heavy atom. The summed E-state index contributed by atoms with van der Waals surface area (Å²) in [6, 6.07) is 9.64. The molecule has 0 bridgehead atoms. The summed E-state index contributed by atoms with van der Waals surface area (Å²) in [4.78, 5) is 23.6. The number of fused-ring (bicyclic) bond motifs is 1. The second kappa shape index (κ2) is 6.23. The van der Waals surface area contributed by atoms with E-state index in [2.05, 4.69) is 20.3 Å². The molecule has 1 atom stereocenters. The lowest BCUT2D eigenvalue weighted by Crippen LogP contribution is -2.32. The Balaban J connectivity index is 1.47. The minimum absolute atomic E-state index is 0.0579. The van der Waals surface area contributed by atoms with E-state index in [1.165, 1.54) is 0 Å². The van der Waals surface area contributed by atoms with Crippen LogP contribution < -0.4 is 0 Å². The average molecular weight is 336 g/mol. The van der Waals surface area contributed by atoms with Crippen molar-refractivity contribution in [1.29, 1.82) is 0 Å². The van der Waals surface area contributed by atoms with Crippen LogP contribution in [-0.4, -0.2) is 48.9 Å². The lowest BCUT2D eigenvalue weighted by Gasteiger charge is -2.16. The molecule has 1 fully saturated rings. The third-order valence-corrected chi connectivity index (χ3v) is 4.61. The second-order valence-electron chi connectivity index (χ2n) is 6.57. The van der Waals surface area contributed by atoms with Crippen LogP contribution in [0.1, 0.15) is 29.6 Å². The summed E-state index contributed by atoms with van der Waals surface area (Å²) in [5.74, 6) is 1.11. The number of carbonyl (C=O) groups is 1. The molecule has 7 nitrogen and oxygen atoms in total. The minimum Gasteiger partial charge on any atom is -0.340 e. The molecule has 1 aromatic carbocycles. The maximum Gasteiger partial charge on any atom is 0.244 e. The van der Waals surface area contributed by atoms with Gasteiger partial charge in [-0.1, -0.05) is 17.3 Å². The number of benzene rings is 1. The van der Waals surface area contributed by atoms with Gasteiger partial charge in [-0.3, -0.25) is 4.79 Å². The molecular formula is C18H20N6O. The van der Waals surface area contributed by atoms with E-state index in [1.807, 2.05) is 49.1 Å². The van der Waals surface area contributed by atoms with Gasteiger partial charge in [-0.25, -0.2) is 14.6 Å². The van der Waals surface area contributed by atoms with E-state index in [4.69, 9.17) is 0 Å². The molecule has 0 spiro atoms. The van der Waals surface area contributed by atoms with Gasteiger partial charge in [0.05, 0.1) is 5.52 Å². The molecule has 1 aliphatic rings. The molecule has 128 valence electrons. The van der Waals surface area contributed by atoms with E-state index in [0.29, 0.717) is 6.54 Å². The first-order chi connectivity index (χ1) is 12.1. The first kappa shape index (κ1) is 15.7. The van der Waals surface area contributed by atoms with Crippen molar-refractivity contribution in [3.8, 4) is 0 Å². The van der Waals surface area contributed by atoms with Gasteiger partial charge in [0, 0.05) is 30.4 Å². The van der Waals surface area contributed by atoms with Crippen LogP contribution in [0.25, 0.3) is 11.0 Å². The summed E-state index contributed by atoms with van der Waals surface area (Å²) in [5.41, 5.74) is 3.63. The maximum atomic E-state index is 12.7. The number of rotatable bonds is 3. The van der Waals surface area contributed by atoms with Crippen molar-refractivity contribution in [3.63, 3.8) is 0 Å². The van der Waals surface area contributed by atoms with Crippen molar-refractivity contribution in [3.05, 3.63) is 47.5 Å². The fourth-order valence-electron chi connectivity index (χ4n) is 3.40. The molecule has 3 aromatic rings. The summed E-state index contributed by atoms with van der Waals surface area (Å²) in [6.07, 6.45) is 0.896. The molecule has 1 aliphatic heterocycles. The summed E-state index contributed by atoms with van der Waals surface area (Å²) in [5, 5.41) is 8.20. The van der Waals surface area contributed by atoms with Crippen LogP contribution in [0, 0.1) is 13.8 Å². The van der Waals surface area contributed by atoms with Gasteiger partial charge < -0.3 is 4.90 Å². The van der Waals surface area contributed by atoms with Gasteiger partial charge in [-0.15, -0.1) is 5.10 Å². The van der Waals surface area contributed by atoms with Crippen molar-refractivity contribution < 1.29 is 4.79 Å². The number of carbonyl (C=O) groups excluding carboxylic acids is 1. The molecule has 4 rings (SSSR count). The Hall–Kier alpha value is -2.83. The second-order valence-corrected chi connectivity index (χ2v) is 6.57. The standard InChI is InChI=1S/C18H20N6O/c1-12-9-13(2)20-18(19-12)14-7-8-23(10-14)17(25)11-24-16-6-4-3-5-15(16)21-22-24/h3-6,9,14H,7-8,10-11H2,1-2H3/t14-/m1/s1. The highest BCUT2D eigenvalue weighted by molar-refractivity contribution is 5.80. The number of aryl methyl sites for hydroxylation is 2. The highest BCUT2D eigenvalue weighted by Crippen LogP contribution is 2.25. The average Bonchev–Trinajstić information content (AvgIpc) is 3.22. The first-order valence-corrected chi connectivity index (χ1v) is 8.48. The minimum atomic E-state index is 0.0579. The van der Waals surface area contributed by atoms with Crippen molar-refractivity contribution in [1.82, 2.24) is 29.9 Å². The van der Waals surface area contributed by atoms with Gasteiger partial charge in [0.15, 0.2) is 0 Å². The fourth-order valence-corrected chi connectivity index (χ4v) is 3.40. The van der Waals surface area contributed by atoms with Crippen LogP contribution in [-0.2, 0) is 11.3 Å². The Bertz CT molecular complexity index is 914. The van der Waals surface area contributed by atoms with Gasteiger partial charge in [0.25, 0.3) is 0 Å². The number of likely N-dealkylation sites (tertiary alicyclic amines) is 1. The topological polar surface area (TPSA) is 76.8 Å². The SMILES string of the molecule is Cc1cc(C)nc([C@@H]2CCN(C(=O)Cn3nnc4ccccc43)C2)n1. The zero-order chi connectivity index (χ0) is 17.4. The van der Waals surface area contributed by atoms with Crippen molar-refractivity contribution in [2.75, 3.05) is 13.1 Å². The normalized spacial score (nSPS) is 17.4. The highest BCUT2D eigenvalue weighted by atomic mass is 16.2. The Labute approximate surface area is 145 Å². The zero-order valence-electron chi connectivity index (χ0n) is 14.4. The molecule has 3 heterocycles. The van der Waals surface area contributed by atoms with Crippen LogP contribution in [0.5, 0.6) is 0 Å². The van der Waals surface area contributed by atoms with Crippen molar-refractivity contribution in [2.45, 2.75) is 32.7 Å². The predicted molar refractivity (Wildman–Crippen MR) is 93.0 cm³/mol. The van der Waals surface area contributed by atoms with Crippen LogP contribution in [0.15, 0.2) is 30.3 Å². The van der Waals surface area contributed by atoms with Crippen LogP contribution in [0.4, 0.5) is 0 Å². The van der Waals surface area contributed by atoms with Crippen LogP contribution in [0.3, 0.4) is 0 Å². The number of para-hydroxylation sites is 1. The number of hydrogen-bond acceptors (Lipinski definition) is 5. The predicted octanol–water partition coefficient (Wildman–Crippen LogP) is 1.85. The van der Waals surface area contributed by atoms with E-state index < -0.39 is 0 Å². The van der Waals surface area contributed by atoms with Gasteiger partial charge in [-0.05, 0) is 38.5 Å². The Morgan fingerprint density at radius 3 is 2.76 bits per heavy atom. The lowest BCUT2D eigenvalue weighted by molar-refractivity contribution is -0.130. The molecule has 0 unspecified atom stereocenters. The number of amides is 1. The molecule has 25 heavy (non-hydrogen) atoms.